The average molecular weight is 198 g/mol. The molecule has 0 radical (unpaired) electrons. The van der Waals surface area contributed by atoms with Gasteiger partial charge in [-0.15, -0.1) is 0 Å². The van der Waals surface area contributed by atoms with E-state index in [4.69, 9.17) is 4.74 Å². The number of benzene rings is 1. The maximum absolute atomic E-state index is 12.8. The van der Waals surface area contributed by atoms with Crippen molar-refractivity contribution in [2.75, 3.05) is 6.61 Å². The Labute approximate surface area is 81.7 Å². The third kappa shape index (κ3) is 2.03. The number of hydrogen-bond acceptors (Lipinski definition) is 1. The summed E-state index contributed by atoms with van der Waals surface area (Å²) in [5.74, 6) is -0.596. The molecule has 3 heteroatoms. The van der Waals surface area contributed by atoms with Gasteiger partial charge in [-0.25, -0.2) is 8.78 Å². The zero-order chi connectivity index (χ0) is 10.1. The van der Waals surface area contributed by atoms with Crippen LogP contribution in [0.1, 0.15) is 18.4 Å². The van der Waals surface area contributed by atoms with Gasteiger partial charge >= 0.3 is 0 Å². The van der Waals surface area contributed by atoms with Crippen LogP contribution in [0.2, 0.25) is 0 Å². The molecule has 0 spiro atoms. The molecule has 0 aliphatic heterocycles. The minimum absolute atomic E-state index is 0.454. The molecule has 2 rings (SSSR count). The van der Waals surface area contributed by atoms with E-state index in [0.29, 0.717) is 23.8 Å². The number of aryl methyl sites for hydroxylation is 1. The Bertz CT molecular complexity index is 345. The van der Waals surface area contributed by atoms with Gasteiger partial charge in [0.25, 0.3) is 0 Å². The third-order valence-electron chi connectivity index (χ3n) is 2.39. The average Bonchev–Trinajstić information content (AvgIpc) is 2.92. The molecule has 0 heterocycles. The van der Waals surface area contributed by atoms with Crippen molar-refractivity contribution in [1.82, 2.24) is 0 Å². The van der Waals surface area contributed by atoms with Gasteiger partial charge in [-0.1, -0.05) is 0 Å². The molecule has 0 saturated heterocycles. The molecule has 1 aliphatic rings. The second kappa shape index (κ2) is 3.56. The largest absolute Gasteiger partial charge is 0.493 e. The Morgan fingerprint density at radius 1 is 1.29 bits per heavy atom. The van der Waals surface area contributed by atoms with E-state index in [1.165, 1.54) is 12.8 Å². The smallest absolute Gasteiger partial charge is 0.162 e. The lowest BCUT2D eigenvalue weighted by Crippen LogP contribution is -2.01. The van der Waals surface area contributed by atoms with Crippen LogP contribution < -0.4 is 4.74 Å². The summed E-state index contributed by atoms with van der Waals surface area (Å²) in [5.41, 5.74) is 0.643. The standard InChI is InChI=1S/C11H12F2O/c1-7-4-9(12)10(13)5-11(7)14-6-8-2-3-8/h4-5,8H,2-3,6H2,1H3. The van der Waals surface area contributed by atoms with Crippen molar-refractivity contribution >= 4 is 0 Å². The van der Waals surface area contributed by atoms with Crippen LogP contribution in [0, 0.1) is 24.5 Å². The highest BCUT2D eigenvalue weighted by Crippen LogP contribution is 2.30. The quantitative estimate of drug-likeness (QED) is 0.725. The van der Waals surface area contributed by atoms with E-state index in [9.17, 15) is 8.78 Å². The molecule has 76 valence electrons. The maximum atomic E-state index is 12.8. The molecular weight excluding hydrogens is 186 g/mol. The number of rotatable bonds is 3. The lowest BCUT2D eigenvalue weighted by molar-refractivity contribution is 0.295. The minimum Gasteiger partial charge on any atom is -0.493 e. The van der Waals surface area contributed by atoms with Crippen molar-refractivity contribution in [1.29, 1.82) is 0 Å². The van der Waals surface area contributed by atoms with E-state index in [0.717, 1.165) is 12.1 Å². The molecule has 14 heavy (non-hydrogen) atoms. The Kier molecular flexibility index (Phi) is 2.40. The minimum atomic E-state index is -0.846. The molecule has 1 nitrogen and oxygen atoms in total. The molecule has 1 fully saturated rings. The first kappa shape index (κ1) is 9.44. The molecule has 0 aromatic heterocycles. The summed E-state index contributed by atoms with van der Waals surface area (Å²) in [6.07, 6.45) is 2.37. The first-order valence-electron chi connectivity index (χ1n) is 4.75. The maximum Gasteiger partial charge on any atom is 0.162 e. The lowest BCUT2D eigenvalue weighted by Gasteiger charge is -2.08. The summed E-state index contributed by atoms with van der Waals surface area (Å²) in [7, 11) is 0. The van der Waals surface area contributed by atoms with Gasteiger partial charge in [0.2, 0.25) is 0 Å². The zero-order valence-corrected chi connectivity index (χ0v) is 8.02. The summed E-state index contributed by atoms with van der Waals surface area (Å²) in [6.45, 7) is 2.33. The predicted octanol–water partition coefficient (Wildman–Crippen LogP) is 3.06. The molecule has 0 atom stereocenters. The molecule has 1 aliphatic carbocycles. The number of halogens is 2. The van der Waals surface area contributed by atoms with Gasteiger partial charge in [0.05, 0.1) is 6.61 Å². The molecule has 0 N–H and O–H groups in total. The third-order valence-corrected chi connectivity index (χ3v) is 2.39. The first-order chi connectivity index (χ1) is 6.66. The van der Waals surface area contributed by atoms with Crippen LogP contribution in [0.25, 0.3) is 0 Å². The van der Waals surface area contributed by atoms with E-state index < -0.39 is 11.6 Å². The van der Waals surface area contributed by atoms with Crippen molar-refractivity contribution in [2.45, 2.75) is 19.8 Å². The molecule has 0 unspecified atom stereocenters. The number of ether oxygens (including phenoxy) is 1. The van der Waals surface area contributed by atoms with Crippen LogP contribution in [-0.2, 0) is 0 Å². The van der Waals surface area contributed by atoms with Crippen molar-refractivity contribution in [3.05, 3.63) is 29.3 Å². The summed E-state index contributed by atoms with van der Waals surface area (Å²) in [6, 6.07) is 2.28. The van der Waals surface area contributed by atoms with Crippen molar-refractivity contribution < 1.29 is 13.5 Å². The summed E-state index contributed by atoms with van der Waals surface area (Å²) in [4.78, 5) is 0. The second-order valence-corrected chi connectivity index (χ2v) is 3.79. The molecule has 1 aromatic carbocycles. The van der Waals surface area contributed by atoms with Gasteiger partial charge in [-0.2, -0.15) is 0 Å². The molecule has 1 saturated carbocycles. The summed E-state index contributed by atoms with van der Waals surface area (Å²) in [5, 5.41) is 0. The molecular formula is C11H12F2O. The van der Waals surface area contributed by atoms with Gasteiger partial charge < -0.3 is 4.74 Å². The predicted molar refractivity (Wildman–Crippen MR) is 49.3 cm³/mol. The Morgan fingerprint density at radius 2 is 1.93 bits per heavy atom. The van der Waals surface area contributed by atoms with Crippen molar-refractivity contribution in [2.24, 2.45) is 5.92 Å². The SMILES string of the molecule is Cc1cc(F)c(F)cc1OCC1CC1. The molecule has 0 amide bonds. The fourth-order valence-electron chi connectivity index (χ4n) is 1.28. The highest BCUT2D eigenvalue weighted by atomic mass is 19.2. The van der Waals surface area contributed by atoms with Crippen LogP contribution in [0.15, 0.2) is 12.1 Å². The fraction of sp³-hybridized carbons (Fsp3) is 0.455. The lowest BCUT2D eigenvalue weighted by atomic mass is 10.2. The van der Waals surface area contributed by atoms with Gasteiger partial charge in [0.1, 0.15) is 5.75 Å². The summed E-state index contributed by atoms with van der Waals surface area (Å²) >= 11 is 0. The fourth-order valence-corrected chi connectivity index (χ4v) is 1.28. The molecule has 0 bridgehead atoms. The first-order valence-corrected chi connectivity index (χ1v) is 4.75. The Balaban J connectivity index is 2.10. The van der Waals surface area contributed by atoms with Gasteiger partial charge in [-0.3, -0.25) is 0 Å². The van der Waals surface area contributed by atoms with Gasteiger partial charge in [0.15, 0.2) is 11.6 Å². The second-order valence-electron chi connectivity index (χ2n) is 3.79. The van der Waals surface area contributed by atoms with Crippen LogP contribution in [-0.4, -0.2) is 6.61 Å². The van der Waals surface area contributed by atoms with Crippen LogP contribution in [0.4, 0.5) is 8.78 Å². The van der Waals surface area contributed by atoms with E-state index in [1.807, 2.05) is 0 Å². The monoisotopic (exact) mass is 198 g/mol. The van der Waals surface area contributed by atoms with E-state index in [1.54, 1.807) is 6.92 Å². The van der Waals surface area contributed by atoms with Crippen LogP contribution in [0.5, 0.6) is 5.75 Å². The Hall–Kier alpha value is -1.12. The van der Waals surface area contributed by atoms with Crippen LogP contribution >= 0.6 is 0 Å². The number of hydrogen-bond donors (Lipinski definition) is 0. The summed E-state index contributed by atoms with van der Waals surface area (Å²) < 4.78 is 31.0. The highest BCUT2D eigenvalue weighted by molar-refractivity contribution is 5.33. The van der Waals surface area contributed by atoms with Gasteiger partial charge in [0, 0.05) is 6.07 Å². The highest BCUT2D eigenvalue weighted by Gasteiger charge is 2.22. The topological polar surface area (TPSA) is 9.23 Å². The van der Waals surface area contributed by atoms with E-state index in [2.05, 4.69) is 0 Å². The normalized spacial score (nSPS) is 15.6. The van der Waals surface area contributed by atoms with Gasteiger partial charge in [-0.05, 0) is 37.3 Å². The Morgan fingerprint density at radius 3 is 2.57 bits per heavy atom. The van der Waals surface area contributed by atoms with Crippen molar-refractivity contribution in [3.63, 3.8) is 0 Å². The van der Waals surface area contributed by atoms with Crippen molar-refractivity contribution in [3.8, 4) is 5.75 Å². The zero-order valence-electron chi connectivity index (χ0n) is 8.02. The van der Waals surface area contributed by atoms with E-state index in [-0.39, 0.29) is 0 Å². The van der Waals surface area contributed by atoms with E-state index >= 15 is 0 Å². The van der Waals surface area contributed by atoms with Crippen LogP contribution in [0.3, 0.4) is 0 Å². The molecule has 1 aromatic rings.